The third-order valence-corrected chi connectivity index (χ3v) is 6.16. The summed E-state index contributed by atoms with van der Waals surface area (Å²) < 4.78 is 46.5. The van der Waals surface area contributed by atoms with E-state index in [0.717, 1.165) is 11.1 Å². The normalized spacial score (nSPS) is 11.7. The smallest absolute Gasteiger partial charge is 0.356 e. The lowest BCUT2D eigenvalue weighted by Gasteiger charge is -2.09. The summed E-state index contributed by atoms with van der Waals surface area (Å²) in [5.41, 5.74) is 1.27. The van der Waals surface area contributed by atoms with Crippen LogP contribution in [-0.2, 0) is 14.6 Å². The maximum Gasteiger partial charge on any atom is 0.356 e. The van der Waals surface area contributed by atoms with Crippen molar-refractivity contribution in [3.63, 3.8) is 0 Å². The number of carbonyl (C=O) groups is 1. The van der Waals surface area contributed by atoms with E-state index in [2.05, 4.69) is 4.98 Å². The molecule has 0 atom stereocenters. The maximum atomic E-state index is 14.8. The van der Waals surface area contributed by atoms with Crippen LogP contribution in [0.1, 0.15) is 28.5 Å². The number of aromatic nitrogens is 1. The molecule has 0 amide bonds. The molecule has 0 radical (unpaired) electrons. The Hall–Kier alpha value is -2.38. The second kappa shape index (κ2) is 6.98. The highest BCUT2D eigenvalue weighted by molar-refractivity contribution is 7.91. The summed E-state index contributed by atoms with van der Waals surface area (Å²) in [4.78, 5) is 14.5. The number of sulfone groups is 1. The molecule has 5 nitrogen and oxygen atoms in total. The number of hydrogen-bond acceptors (Lipinski definition) is 4. The zero-order chi connectivity index (χ0) is 19.9. The highest BCUT2D eigenvalue weighted by atomic mass is 35.5. The summed E-state index contributed by atoms with van der Waals surface area (Å²) in [6.45, 7) is 5.15. The Morgan fingerprint density at radius 3 is 2.41 bits per heavy atom. The number of H-pyrrole nitrogens is 1. The number of aromatic amines is 1. The number of nitrogens with one attached hydrogen (secondary N) is 1. The van der Waals surface area contributed by atoms with Gasteiger partial charge >= 0.3 is 5.97 Å². The van der Waals surface area contributed by atoms with Gasteiger partial charge < -0.3 is 9.72 Å². The molecule has 3 aromatic rings. The fraction of sp³-hybridized carbons (Fsp3) is 0.211. The number of halogens is 2. The van der Waals surface area contributed by atoms with Crippen LogP contribution in [0.3, 0.4) is 0 Å². The molecule has 2 aromatic carbocycles. The van der Waals surface area contributed by atoms with Crippen molar-refractivity contribution in [2.24, 2.45) is 0 Å². The van der Waals surface area contributed by atoms with Gasteiger partial charge in [0, 0.05) is 0 Å². The highest BCUT2D eigenvalue weighted by Crippen LogP contribution is 2.36. The van der Waals surface area contributed by atoms with Gasteiger partial charge in [0.25, 0.3) is 0 Å². The Bertz CT molecular complexity index is 1150. The molecule has 27 heavy (non-hydrogen) atoms. The van der Waals surface area contributed by atoms with Crippen molar-refractivity contribution in [1.29, 1.82) is 0 Å². The van der Waals surface area contributed by atoms with Crippen LogP contribution in [0.2, 0.25) is 5.02 Å². The van der Waals surface area contributed by atoms with Gasteiger partial charge in [0.05, 0.1) is 27.4 Å². The van der Waals surface area contributed by atoms with E-state index < -0.39 is 26.5 Å². The molecule has 1 N–H and O–H groups in total. The Morgan fingerprint density at radius 1 is 1.19 bits per heavy atom. The number of fused-ring (bicyclic) bond motifs is 1. The van der Waals surface area contributed by atoms with Crippen molar-refractivity contribution < 1.29 is 22.3 Å². The van der Waals surface area contributed by atoms with E-state index in [1.165, 1.54) is 24.3 Å². The van der Waals surface area contributed by atoms with Gasteiger partial charge in [-0.15, -0.1) is 0 Å². The van der Waals surface area contributed by atoms with Crippen molar-refractivity contribution in [1.82, 2.24) is 4.98 Å². The molecule has 0 fully saturated rings. The fourth-order valence-electron chi connectivity index (χ4n) is 3.01. The summed E-state index contributed by atoms with van der Waals surface area (Å²) in [6, 6.07) is 7.47. The van der Waals surface area contributed by atoms with Crippen LogP contribution in [0, 0.1) is 19.7 Å². The molecule has 1 heterocycles. The molecule has 0 spiro atoms. The van der Waals surface area contributed by atoms with Gasteiger partial charge in [-0.2, -0.15) is 0 Å². The molecule has 0 saturated carbocycles. The van der Waals surface area contributed by atoms with Crippen molar-refractivity contribution in [2.75, 3.05) is 6.61 Å². The molecular formula is C19H17ClFNO4S. The maximum absolute atomic E-state index is 14.8. The van der Waals surface area contributed by atoms with E-state index in [0.29, 0.717) is 0 Å². The highest BCUT2D eigenvalue weighted by Gasteiger charge is 2.32. The Balaban J connectivity index is 2.42. The molecule has 8 heteroatoms. The number of carbonyl (C=O) groups excluding carboxylic acids is 1. The molecule has 1 aromatic heterocycles. The van der Waals surface area contributed by atoms with Gasteiger partial charge in [0.15, 0.2) is 5.82 Å². The average molecular weight is 410 g/mol. The van der Waals surface area contributed by atoms with E-state index in [1.54, 1.807) is 20.8 Å². The van der Waals surface area contributed by atoms with Crippen molar-refractivity contribution in [2.45, 2.75) is 30.6 Å². The van der Waals surface area contributed by atoms with E-state index in [4.69, 9.17) is 16.3 Å². The predicted molar refractivity (Wildman–Crippen MR) is 101 cm³/mol. The lowest BCUT2D eigenvalue weighted by molar-refractivity contribution is 0.0516. The number of hydrogen-bond donors (Lipinski definition) is 1. The quantitative estimate of drug-likeness (QED) is 0.639. The minimum atomic E-state index is -4.23. The van der Waals surface area contributed by atoms with E-state index in [-0.39, 0.29) is 33.1 Å². The van der Waals surface area contributed by atoms with Crippen LogP contribution in [0.25, 0.3) is 10.9 Å². The standard InChI is InChI=1S/C19H17ClFNO4S/c1-4-26-19(23)17-18(15-14(22-17)6-5-13(20)16(15)21)27(24,25)12-8-10(2)7-11(3)9-12/h5-9,22H,4H2,1-3H3. The molecule has 3 rings (SSSR count). The first-order valence-corrected chi connectivity index (χ1v) is 10.0. The van der Waals surface area contributed by atoms with Crippen LogP contribution in [-0.4, -0.2) is 26.0 Å². The largest absolute Gasteiger partial charge is 0.461 e. The summed E-state index contributed by atoms with van der Waals surface area (Å²) >= 11 is 5.86. The van der Waals surface area contributed by atoms with E-state index in [1.807, 2.05) is 6.07 Å². The van der Waals surface area contributed by atoms with E-state index in [9.17, 15) is 17.6 Å². The molecular weight excluding hydrogens is 393 g/mol. The molecule has 0 aliphatic heterocycles. The summed E-state index contributed by atoms with van der Waals surface area (Å²) in [6.07, 6.45) is 0. The fourth-order valence-corrected chi connectivity index (χ4v) is 4.96. The first-order valence-electron chi connectivity index (χ1n) is 8.17. The number of aryl methyl sites for hydroxylation is 2. The van der Waals surface area contributed by atoms with Gasteiger partial charge in [-0.1, -0.05) is 17.7 Å². The predicted octanol–water partition coefficient (Wildman–Crippen LogP) is 4.59. The molecule has 0 saturated heterocycles. The Kier molecular flexibility index (Phi) is 5.01. The third-order valence-electron chi connectivity index (χ3n) is 4.06. The molecule has 0 aliphatic carbocycles. The lowest BCUT2D eigenvalue weighted by Crippen LogP contribution is -2.12. The first-order chi connectivity index (χ1) is 12.7. The SMILES string of the molecule is CCOC(=O)c1[nH]c2ccc(Cl)c(F)c2c1S(=O)(=O)c1cc(C)cc(C)c1. The molecule has 142 valence electrons. The average Bonchev–Trinajstić information content (AvgIpc) is 2.99. The number of rotatable bonds is 4. The van der Waals surface area contributed by atoms with Crippen LogP contribution in [0.5, 0.6) is 0 Å². The Morgan fingerprint density at radius 2 is 1.81 bits per heavy atom. The minimum absolute atomic E-state index is 0.0363. The van der Waals surface area contributed by atoms with Crippen LogP contribution >= 0.6 is 11.6 Å². The second-order valence-corrected chi connectivity index (χ2v) is 8.45. The van der Waals surface area contributed by atoms with Gasteiger partial charge in [0.1, 0.15) is 10.6 Å². The summed E-state index contributed by atoms with van der Waals surface area (Å²) in [5.74, 6) is -1.80. The monoisotopic (exact) mass is 409 g/mol. The molecule has 0 bridgehead atoms. The van der Waals surface area contributed by atoms with Gasteiger partial charge in [-0.05, 0) is 56.2 Å². The zero-order valence-electron chi connectivity index (χ0n) is 14.9. The summed E-state index contributed by atoms with van der Waals surface area (Å²) in [5, 5.41) is -0.501. The van der Waals surface area contributed by atoms with Gasteiger partial charge in [0.2, 0.25) is 9.84 Å². The number of ether oxygens (including phenoxy) is 1. The summed E-state index contributed by atoms with van der Waals surface area (Å²) in [7, 11) is -4.23. The van der Waals surface area contributed by atoms with Gasteiger partial charge in [-0.25, -0.2) is 17.6 Å². The topological polar surface area (TPSA) is 76.2 Å². The van der Waals surface area contributed by atoms with Crippen LogP contribution in [0.15, 0.2) is 40.1 Å². The second-order valence-electron chi connectivity index (χ2n) is 6.16. The zero-order valence-corrected chi connectivity index (χ0v) is 16.5. The first kappa shape index (κ1) is 19.4. The van der Waals surface area contributed by atoms with Crippen LogP contribution in [0.4, 0.5) is 4.39 Å². The van der Waals surface area contributed by atoms with Crippen molar-refractivity contribution >= 4 is 38.3 Å². The van der Waals surface area contributed by atoms with Crippen LogP contribution < -0.4 is 0 Å². The molecule has 0 aliphatic rings. The number of esters is 1. The third kappa shape index (κ3) is 3.33. The van der Waals surface area contributed by atoms with Crippen molar-refractivity contribution in [3.8, 4) is 0 Å². The van der Waals surface area contributed by atoms with Crippen molar-refractivity contribution in [3.05, 3.63) is 58.0 Å². The van der Waals surface area contributed by atoms with Gasteiger partial charge in [-0.3, -0.25) is 0 Å². The minimum Gasteiger partial charge on any atom is -0.461 e. The molecule has 0 unspecified atom stereocenters. The number of benzene rings is 2. The van der Waals surface area contributed by atoms with E-state index >= 15 is 0 Å². The Labute approximate surface area is 161 Å². The lowest BCUT2D eigenvalue weighted by atomic mass is 10.2.